The van der Waals surface area contributed by atoms with Gasteiger partial charge in [0.05, 0.1) is 16.4 Å². The molecule has 3 nitrogen and oxygen atoms in total. The zero-order valence-electron chi connectivity index (χ0n) is 10.7. The summed E-state index contributed by atoms with van der Waals surface area (Å²) in [6.07, 6.45) is 8.54. The van der Waals surface area contributed by atoms with E-state index in [1.807, 2.05) is 17.9 Å². The third-order valence-electron chi connectivity index (χ3n) is 3.77. The fourth-order valence-corrected chi connectivity index (χ4v) is 3.62. The first-order valence-corrected chi connectivity index (χ1v) is 7.44. The van der Waals surface area contributed by atoms with E-state index >= 15 is 0 Å². The third-order valence-corrected chi connectivity index (χ3v) is 4.38. The maximum Gasteiger partial charge on any atom is 0.0635 e. The van der Waals surface area contributed by atoms with Gasteiger partial charge in [0.15, 0.2) is 0 Å². The molecule has 0 saturated heterocycles. The molecule has 1 aliphatic carbocycles. The van der Waals surface area contributed by atoms with Gasteiger partial charge in [-0.05, 0) is 35.3 Å². The molecule has 1 N–H and O–H groups in total. The number of halogens is 1. The molecule has 2 unspecified atom stereocenters. The van der Waals surface area contributed by atoms with Crippen molar-refractivity contribution >= 4 is 15.9 Å². The molecule has 0 bridgehead atoms. The first-order chi connectivity index (χ1) is 8.24. The van der Waals surface area contributed by atoms with Crippen LogP contribution in [0.1, 0.15) is 50.6 Å². The molecule has 1 aromatic heterocycles. The molecule has 4 heteroatoms. The second-order valence-corrected chi connectivity index (χ2v) is 5.76. The highest BCUT2D eigenvalue weighted by Gasteiger charge is 2.28. The SMILES string of the molecule is CCNC1CCCCCC1c1c(Br)cnn1C. The van der Waals surface area contributed by atoms with Gasteiger partial charge in [0.25, 0.3) is 0 Å². The van der Waals surface area contributed by atoms with E-state index in [2.05, 4.69) is 33.3 Å². The average molecular weight is 300 g/mol. The van der Waals surface area contributed by atoms with Crippen molar-refractivity contribution in [2.24, 2.45) is 7.05 Å². The van der Waals surface area contributed by atoms with Crippen LogP contribution < -0.4 is 5.32 Å². The number of rotatable bonds is 3. The maximum atomic E-state index is 4.36. The van der Waals surface area contributed by atoms with Crippen LogP contribution in [0.5, 0.6) is 0 Å². The minimum atomic E-state index is 0.597. The van der Waals surface area contributed by atoms with Gasteiger partial charge in [-0.3, -0.25) is 4.68 Å². The Balaban J connectivity index is 2.25. The summed E-state index contributed by atoms with van der Waals surface area (Å²) in [7, 11) is 2.05. The lowest BCUT2D eigenvalue weighted by molar-refractivity contribution is 0.402. The van der Waals surface area contributed by atoms with Gasteiger partial charge in [0, 0.05) is 19.0 Å². The molecule has 1 heterocycles. The summed E-state index contributed by atoms with van der Waals surface area (Å²) in [5.74, 6) is 0.597. The number of nitrogens with one attached hydrogen (secondary N) is 1. The van der Waals surface area contributed by atoms with Gasteiger partial charge in [0.1, 0.15) is 0 Å². The Morgan fingerprint density at radius 1 is 1.41 bits per heavy atom. The molecule has 2 atom stereocenters. The summed E-state index contributed by atoms with van der Waals surface area (Å²) in [6, 6.07) is 0.606. The van der Waals surface area contributed by atoms with E-state index in [1.54, 1.807) is 0 Å². The molecule has 0 radical (unpaired) electrons. The number of aromatic nitrogens is 2. The zero-order chi connectivity index (χ0) is 12.3. The Hall–Kier alpha value is -0.350. The van der Waals surface area contributed by atoms with Crippen LogP contribution in [0.15, 0.2) is 10.7 Å². The van der Waals surface area contributed by atoms with E-state index < -0.39 is 0 Å². The summed E-state index contributed by atoms with van der Waals surface area (Å²) in [5.41, 5.74) is 1.36. The van der Waals surface area contributed by atoms with Crippen molar-refractivity contribution in [1.82, 2.24) is 15.1 Å². The normalized spacial score (nSPS) is 25.8. The van der Waals surface area contributed by atoms with Crippen LogP contribution in [0.3, 0.4) is 0 Å². The van der Waals surface area contributed by atoms with Crippen LogP contribution in [0.4, 0.5) is 0 Å². The first kappa shape index (κ1) is 13.1. The fourth-order valence-electron chi connectivity index (χ4n) is 2.98. The third kappa shape index (κ3) is 2.91. The van der Waals surface area contributed by atoms with Crippen molar-refractivity contribution in [2.75, 3.05) is 6.54 Å². The lowest BCUT2D eigenvalue weighted by Gasteiger charge is -2.26. The Bertz CT molecular complexity index is 342. The second kappa shape index (κ2) is 6.01. The quantitative estimate of drug-likeness (QED) is 0.869. The number of aryl methyl sites for hydroxylation is 1. The molecule has 96 valence electrons. The largest absolute Gasteiger partial charge is 0.314 e. The predicted molar refractivity (Wildman–Crippen MR) is 74.2 cm³/mol. The van der Waals surface area contributed by atoms with Gasteiger partial charge in [-0.25, -0.2) is 0 Å². The Morgan fingerprint density at radius 3 is 2.82 bits per heavy atom. The molecule has 1 saturated carbocycles. The van der Waals surface area contributed by atoms with Crippen LogP contribution in [0.25, 0.3) is 0 Å². The van der Waals surface area contributed by atoms with Gasteiger partial charge < -0.3 is 5.32 Å². The van der Waals surface area contributed by atoms with Crippen LogP contribution in [0, 0.1) is 0 Å². The lowest BCUT2D eigenvalue weighted by Crippen LogP contribution is -2.35. The molecule has 1 aliphatic rings. The highest BCUT2D eigenvalue weighted by atomic mass is 79.9. The molecular weight excluding hydrogens is 278 g/mol. The lowest BCUT2D eigenvalue weighted by atomic mass is 9.91. The summed E-state index contributed by atoms with van der Waals surface area (Å²) >= 11 is 3.65. The molecule has 0 aliphatic heterocycles. The van der Waals surface area contributed by atoms with Gasteiger partial charge in [-0.1, -0.05) is 26.2 Å². The maximum absolute atomic E-state index is 4.36. The molecule has 0 aromatic carbocycles. The predicted octanol–water partition coefficient (Wildman–Crippen LogP) is 3.21. The van der Waals surface area contributed by atoms with E-state index in [0.717, 1.165) is 11.0 Å². The molecule has 0 amide bonds. The molecule has 0 spiro atoms. The fraction of sp³-hybridized carbons (Fsp3) is 0.769. The van der Waals surface area contributed by atoms with E-state index in [4.69, 9.17) is 0 Å². The Labute approximate surface area is 112 Å². The summed E-state index contributed by atoms with van der Waals surface area (Å²) in [4.78, 5) is 0. The van der Waals surface area contributed by atoms with Crippen molar-refractivity contribution in [1.29, 1.82) is 0 Å². The minimum Gasteiger partial charge on any atom is -0.314 e. The monoisotopic (exact) mass is 299 g/mol. The molecule has 17 heavy (non-hydrogen) atoms. The number of hydrogen-bond acceptors (Lipinski definition) is 2. The van der Waals surface area contributed by atoms with E-state index in [0.29, 0.717) is 12.0 Å². The minimum absolute atomic E-state index is 0.597. The van der Waals surface area contributed by atoms with Crippen LogP contribution in [0.2, 0.25) is 0 Å². The van der Waals surface area contributed by atoms with Gasteiger partial charge in [0.2, 0.25) is 0 Å². The molecular formula is C13H22BrN3. The van der Waals surface area contributed by atoms with E-state index in [-0.39, 0.29) is 0 Å². The number of nitrogens with zero attached hydrogens (tertiary/aromatic N) is 2. The van der Waals surface area contributed by atoms with Crippen molar-refractivity contribution < 1.29 is 0 Å². The van der Waals surface area contributed by atoms with Crippen LogP contribution in [-0.4, -0.2) is 22.4 Å². The average Bonchev–Trinajstić information content (AvgIpc) is 2.54. The highest BCUT2D eigenvalue weighted by Crippen LogP contribution is 2.35. The van der Waals surface area contributed by atoms with E-state index in [1.165, 1.54) is 37.8 Å². The van der Waals surface area contributed by atoms with Gasteiger partial charge >= 0.3 is 0 Å². The summed E-state index contributed by atoms with van der Waals surface area (Å²) in [6.45, 7) is 3.25. The van der Waals surface area contributed by atoms with Crippen LogP contribution >= 0.6 is 15.9 Å². The van der Waals surface area contributed by atoms with E-state index in [9.17, 15) is 0 Å². The molecule has 2 rings (SSSR count). The summed E-state index contributed by atoms with van der Waals surface area (Å²) < 4.78 is 3.19. The van der Waals surface area contributed by atoms with Gasteiger partial charge in [-0.2, -0.15) is 5.10 Å². The zero-order valence-corrected chi connectivity index (χ0v) is 12.3. The van der Waals surface area contributed by atoms with Crippen molar-refractivity contribution in [2.45, 2.75) is 51.0 Å². The smallest absolute Gasteiger partial charge is 0.0635 e. The number of likely N-dealkylation sites (N-methyl/N-ethyl adjacent to an activating group) is 1. The Kier molecular flexibility index (Phi) is 4.62. The van der Waals surface area contributed by atoms with Crippen molar-refractivity contribution in [3.63, 3.8) is 0 Å². The standard InChI is InChI=1S/C13H22BrN3/c1-3-15-12-8-6-4-5-7-10(12)13-11(14)9-16-17(13)2/h9-10,12,15H,3-8H2,1-2H3. The Morgan fingerprint density at radius 2 is 2.18 bits per heavy atom. The van der Waals surface area contributed by atoms with Crippen molar-refractivity contribution in [3.8, 4) is 0 Å². The van der Waals surface area contributed by atoms with Gasteiger partial charge in [-0.15, -0.1) is 0 Å². The van der Waals surface area contributed by atoms with Crippen LogP contribution in [-0.2, 0) is 7.05 Å². The first-order valence-electron chi connectivity index (χ1n) is 6.64. The summed E-state index contributed by atoms with van der Waals surface area (Å²) in [5, 5.41) is 8.01. The molecule has 1 aromatic rings. The second-order valence-electron chi connectivity index (χ2n) is 4.91. The van der Waals surface area contributed by atoms with Crippen molar-refractivity contribution in [3.05, 3.63) is 16.4 Å². The topological polar surface area (TPSA) is 29.9 Å². The highest BCUT2D eigenvalue weighted by molar-refractivity contribution is 9.10. The molecule has 1 fully saturated rings. The number of hydrogen-bond donors (Lipinski definition) is 1.